The van der Waals surface area contributed by atoms with Gasteiger partial charge in [0.2, 0.25) is 0 Å². The molecule has 1 aliphatic rings. The lowest BCUT2D eigenvalue weighted by Gasteiger charge is -2.28. The molecule has 0 aliphatic heterocycles. The number of amides is 1. The second kappa shape index (κ2) is 6.24. The number of alkyl carbamates (subject to hydrolysis) is 1. The third kappa shape index (κ3) is 5.91. The maximum absolute atomic E-state index is 11.5. The normalized spacial score (nSPS) is 19.8. The van der Waals surface area contributed by atoms with Crippen molar-refractivity contribution in [3.8, 4) is 0 Å². The van der Waals surface area contributed by atoms with Crippen LogP contribution < -0.4 is 11.1 Å². The number of hydrogen-bond donors (Lipinski definition) is 2. The highest BCUT2D eigenvalue weighted by atomic mass is 16.6. The molecule has 1 saturated carbocycles. The van der Waals surface area contributed by atoms with Crippen molar-refractivity contribution in [2.45, 2.75) is 64.5 Å². The van der Waals surface area contributed by atoms with Gasteiger partial charge in [-0.05, 0) is 39.5 Å². The van der Waals surface area contributed by atoms with Crippen LogP contribution in [0.2, 0.25) is 0 Å². The number of nitrogens with two attached hydrogens (primary N) is 1. The molecule has 0 aromatic carbocycles. The fourth-order valence-electron chi connectivity index (χ4n) is 2.24. The fraction of sp³-hybridized carbons (Fsp3) is 0.923. The Kier molecular flexibility index (Phi) is 5.25. The minimum atomic E-state index is -0.445. The summed E-state index contributed by atoms with van der Waals surface area (Å²) in [4.78, 5) is 11.5. The first-order valence-electron chi connectivity index (χ1n) is 6.61. The summed E-state index contributed by atoms with van der Waals surface area (Å²) in [5.41, 5.74) is 5.64. The van der Waals surface area contributed by atoms with Gasteiger partial charge in [-0.1, -0.05) is 19.3 Å². The SMILES string of the molecule is CC(C)(C)OC(=O)NC[C@@H](N)C1CCCCC1. The summed E-state index contributed by atoms with van der Waals surface area (Å²) >= 11 is 0. The van der Waals surface area contributed by atoms with Crippen LogP contribution in [0.3, 0.4) is 0 Å². The van der Waals surface area contributed by atoms with Gasteiger partial charge in [-0.25, -0.2) is 4.79 Å². The summed E-state index contributed by atoms with van der Waals surface area (Å²) in [6, 6.07) is 0.0582. The van der Waals surface area contributed by atoms with Crippen LogP contribution in [0.25, 0.3) is 0 Å². The molecule has 0 spiro atoms. The highest BCUT2D eigenvalue weighted by molar-refractivity contribution is 5.67. The van der Waals surface area contributed by atoms with Crippen molar-refractivity contribution >= 4 is 6.09 Å². The van der Waals surface area contributed by atoms with Gasteiger partial charge in [0.1, 0.15) is 5.60 Å². The van der Waals surface area contributed by atoms with Crippen molar-refractivity contribution in [2.24, 2.45) is 11.7 Å². The van der Waals surface area contributed by atoms with E-state index in [0.29, 0.717) is 12.5 Å². The number of nitrogens with one attached hydrogen (secondary N) is 1. The van der Waals surface area contributed by atoms with Crippen molar-refractivity contribution in [3.63, 3.8) is 0 Å². The van der Waals surface area contributed by atoms with E-state index in [1.54, 1.807) is 0 Å². The van der Waals surface area contributed by atoms with Crippen LogP contribution in [0.5, 0.6) is 0 Å². The lowest BCUT2D eigenvalue weighted by atomic mass is 9.84. The maximum atomic E-state index is 11.5. The van der Waals surface area contributed by atoms with Gasteiger partial charge in [-0.2, -0.15) is 0 Å². The largest absolute Gasteiger partial charge is 0.444 e. The molecule has 0 bridgehead atoms. The van der Waals surface area contributed by atoms with Crippen molar-refractivity contribution in [3.05, 3.63) is 0 Å². The molecule has 1 aliphatic carbocycles. The minimum absolute atomic E-state index is 0.0582. The maximum Gasteiger partial charge on any atom is 0.407 e. The summed E-state index contributed by atoms with van der Waals surface area (Å²) in [7, 11) is 0. The van der Waals surface area contributed by atoms with Gasteiger partial charge in [0.15, 0.2) is 0 Å². The van der Waals surface area contributed by atoms with Gasteiger partial charge in [0, 0.05) is 12.6 Å². The van der Waals surface area contributed by atoms with Gasteiger partial charge in [0.05, 0.1) is 0 Å². The topological polar surface area (TPSA) is 64.3 Å². The van der Waals surface area contributed by atoms with Crippen LogP contribution in [0.4, 0.5) is 4.79 Å². The van der Waals surface area contributed by atoms with Crippen LogP contribution in [-0.4, -0.2) is 24.3 Å². The Bertz CT molecular complexity index is 242. The van der Waals surface area contributed by atoms with Gasteiger partial charge >= 0.3 is 6.09 Å². The molecule has 0 radical (unpaired) electrons. The second-order valence-electron chi connectivity index (χ2n) is 5.94. The molecule has 1 rings (SSSR count). The molecule has 100 valence electrons. The third-order valence-electron chi connectivity index (χ3n) is 3.14. The Hall–Kier alpha value is -0.770. The summed E-state index contributed by atoms with van der Waals surface area (Å²) in [6.45, 7) is 6.08. The van der Waals surface area contributed by atoms with Crippen LogP contribution in [0.15, 0.2) is 0 Å². The van der Waals surface area contributed by atoms with Crippen molar-refractivity contribution < 1.29 is 9.53 Å². The van der Waals surface area contributed by atoms with Crippen molar-refractivity contribution in [1.82, 2.24) is 5.32 Å². The van der Waals surface area contributed by atoms with Gasteiger partial charge in [0.25, 0.3) is 0 Å². The van der Waals surface area contributed by atoms with E-state index >= 15 is 0 Å². The van der Waals surface area contributed by atoms with Crippen LogP contribution in [0.1, 0.15) is 52.9 Å². The molecular formula is C13H26N2O2. The molecule has 1 atom stereocenters. The number of carbonyl (C=O) groups excluding carboxylic acids is 1. The van der Waals surface area contributed by atoms with E-state index in [0.717, 1.165) is 0 Å². The number of rotatable bonds is 3. The lowest BCUT2D eigenvalue weighted by Crippen LogP contribution is -2.44. The van der Waals surface area contributed by atoms with Crippen LogP contribution in [0, 0.1) is 5.92 Å². The van der Waals surface area contributed by atoms with E-state index in [-0.39, 0.29) is 12.1 Å². The lowest BCUT2D eigenvalue weighted by molar-refractivity contribution is 0.0519. The third-order valence-corrected chi connectivity index (χ3v) is 3.14. The summed E-state index contributed by atoms with van der Waals surface area (Å²) < 4.78 is 5.17. The zero-order chi connectivity index (χ0) is 12.9. The molecule has 0 unspecified atom stereocenters. The van der Waals surface area contributed by atoms with Gasteiger partial charge in [-0.3, -0.25) is 0 Å². The van der Waals surface area contributed by atoms with E-state index in [4.69, 9.17) is 10.5 Å². The molecule has 17 heavy (non-hydrogen) atoms. The number of ether oxygens (including phenoxy) is 1. The first-order chi connectivity index (χ1) is 7.88. The molecule has 0 heterocycles. The molecule has 0 saturated heterocycles. The number of carbonyl (C=O) groups is 1. The Labute approximate surface area is 104 Å². The highest BCUT2D eigenvalue weighted by Crippen LogP contribution is 2.25. The molecule has 4 nitrogen and oxygen atoms in total. The zero-order valence-electron chi connectivity index (χ0n) is 11.3. The molecule has 1 amide bonds. The Morgan fingerprint density at radius 2 is 1.94 bits per heavy atom. The first-order valence-corrected chi connectivity index (χ1v) is 6.61. The summed E-state index contributed by atoms with van der Waals surface area (Å²) in [5.74, 6) is 0.554. The van der Waals surface area contributed by atoms with E-state index in [2.05, 4.69) is 5.32 Å². The quantitative estimate of drug-likeness (QED) is 0.799. The Morgan fingerprint density at radius 1 is 1.35 bits per heavy atom. The molecule has 4 heteroatoms. The minimum Gasteiger partial charge on any atom is -0.444 e. The first kappa shape index (κ1) is 14.3. The Balaban J connectivity index is 2.22. The highest BCUT2D eigenvalue weighted by Gasteiger charge is 2.22. The molecule has 0 aromatic heterocycles. The Morgan fingerprint density at radius 3 is 2.47 bits per heavy atom. The van der Waals surface area contributed by atoms with E-state index in [1.807, 2.05) is 20.8 Å². The van der Waals surface area contributed by atoms with Gasteiger partial charge < -0.3 is 15.8 Å². The average molecular weight is 242 g/mol. The number of hydrogen-bond acceptors (Lipinski definition) is 3. The monoisotopic (exact) mass is 242 g/mol. The average Bonchev–Trinajstić information content (AvgIpc) is 2.25. The predicted octanol–water partition coefficient (Wildman–Crippen LogP) is 2.42. The van der Waals surface area contributed by atoms with E-state index < -0.39 is 5.60 Å². The van der Waals surface area contributed by atoms with Crippen molar-refractivity contribution in [2.75, 3.05) is 6.54 Å². The van der Waals surface area contributed by atoms with E-state index in [9.17, 15) is 4.79 Å². The molecular weight excluding hydrogens is 216 g/mol. The summed E-state index contributed by atoms with van der Waals surface area (Å²) in [6.07, 6.45) is 5.87. The standard InChI is InChI=1S/C13H26N2O2/c1-13(2,3)17-12(16)15-9-11(14)10-7-5-4-6-8-10/h10-11H,4-9,14H2,1-3H3,(H,15,16)/t11-/m1/s1. The fourth-order valence-corrected chi connectivity index (χ4v) is 2.24. The van der Waals surface area contributed by atoms with Crippen LogP contribution in [-0.2, 0) is 4.74 Å². The molecule has 1 fully saturated rings. The van der Waals surface area contributed by atoms with Crippen LogP contribution >= 0.6 is 0 Å². The second-order valence-corrected chi connectivity index (χ2v) is 5.94. The molecule has 3 N–H and O–H groups in total. The van der Waals surface area contributed by atoms with Gasteiger partial charge in [-0.15, -0.1) is 0 Å². The predicted molar refractivity (Wildman–Crippen MR) is 68.8 cm³/mol. The zero-order valence-corrected chi connectivity index (χ0v) is 11.3. The smallest absolute Gasteiger partial charge is 0.407 e. The summed E-state index contributed by atoms with van der Waals surface area (Å²) in [5, 5.41) is 2.75. The molecule has 0 aromatic rings. The van der Waals surface area contributed by atoms with E-state index in [1.165, 1.54) is 32.1 Å². The van der Waals surface area contributed by atoms with Crippen molar-refractivity contribution in [1.29, 1.82) is 0 Å².